The number of hydrogen-bond donors (Lipinski definition) is 1. The van der Waals surface area contributed by atoms with Crippen molar-refractivity contribution in [1.29, 1.82) is 0 Å². The van der Waals surface area contributed by atoms with Gasteiger partial charge < -0.3 is 14.6 Å². The number of aryl methyl sites for hydroxylation is 3. The number of aliphatic hydroxyl groups is 1. The van der Waals surface area contributed by atoms with Crippen molar-refractivity contribution >= 4 is 11.9 Å². The van der Waals surface area contributed by atoms with Crippen molar-refractivity contribution in [3.05, 3.63) is 82.7 Å². The molecule has 0 heterocycles. The van der Waals surface area contributed by atoms with E-state index in [9.17, 15) is 19.1 Å². The smallest absolute Gasteiger partial charge is 0.333 e. The highest BCUT2D eigenvalue weighted by Crippen LogP contribution is 2.20. The van der Waals surface area contributed by atoms with Crippen LogP contribution in [0.1, 0.15) is 69.2 Å². The third kappa shape index (κ3) is 10.4. The molecular formula is C32H43FO5. The largest absolute Gasteiger partial charge is 0.465 e. The molecular weight excluding hydrogens is 483 g/mol. The molecule has 2 aromatic rings. The fourth-order valence-corrected chi connectivity index (χ4v) is 3.92. The van der Waals surface area contributed by atoms with E-state index in [1.54, 1.807) is 26.8 Å². The molecule has 0 bridgehead atoms. The summed E-state index contributed by atoms with van der Waals surface area (Å²) >= 11 is 0. The van der Waals surface area contributed by atoms with Gasteiger partial charge in [-0.25, -0.2) is 9.18 Å². The Kier molecular flexibility index (Phi) is 12.7. The van der Waals surface area contributed by atoms with Gasteiger partial charge in [0.05, 0.1) is 25.2 Å². The van der Waals surface area contributed by atoms with Crippen molar-refractivity contribution in [3.8, 4) is 0 Å². The van der Waals surface area contributed by atoms with Crippen LogP contribution < -0.4 is 0 Å². The van der Waals surface area contributed by atoms with Crippen LogP contribution in [0.4, 0.5) is 4.39 Å². The van der Waals surface area contributed by atoms with Gasteiger partial charge in [0.2, 0.25) is 0 Å². The summed E-state index contributed by atoms with van der Waals surface area (Å²) in [6, 6.07) is 13.7. The molecule has 0 saturated carbocycles. The Morgan fingerprint density at radius 1 is 0.947 bits per heavy atom. The number of halogens is 1. The molecule has 0 spiro atoms. The molecule has 208 valence electrons. The van der Waals surface area contributed by atoms with Crippen LogP contribution in [0.3, 0.4) is 0 Å². The normalized spacial score (nSPS) is 12.2. The molecule has 6 heteroatoms. The van der Waals surface area contributed by atoms with Gasteiger partial charge in [0.25, 0.3) is 0 Å². The molecule has 0 fully saturated rings. The summed E-state index contributed by atoms with van der Waals surface area (Å²) in [5.41, 5.74) is 3.11. The second-order valence-corrected chi connectivity index (χ2v) is 10.8. The van der Waals surface area contributed by atoms with E-state index in [0.717, 1.165) is 18.4 Å². The molecule has 5 nitrogen and oxygen atoms in total. The molecule has 38 heavy (non-hydrogen) atoms. The number of hydrogen-bond acceptors (Lipinski definition) is 5. The zero-order chi connectivity index (χ0) is 28.1. The van der Waals surface area contributed by atoms with Gasteiger partial charge in [-0.3, -0.25) is 4.79 Å². The van der Waals surface area contributed by atoms with Crippen molar-refractivity contribution in [1.82, 2.24) is 0 Å². The molecule has 0 aliphatic heterocycles. The molecule has 0 radical (unpaired) electrons. The lowest BCUT2D eigenvalue weighted by Crippen LogP contribution is -2.32. The fraction of sp³-hybridized carbons (Fsp3) is 0.500. The average Bonchev–Trinajstić information content (AvgIpc) is 2.90. The van der Waals surface area contributed by atoms with Crippen LogP contribution in [0, 0.1) is 17.2 Å². The third-order valence-corrected chi connectivity index (χ3v) is 6.61. The minimum atomic E-state index is -1.04. The number of carbonyl (C=O) groups is 2. The lowest BCUT2D eigenvalue weighted by molar-refractivity contribution is -0.158. The predicted octanol–water partition coefficient (Wildman–Crippen LogP) is 6.18. The number of aliphatic hydroxyl groups excluding tert-OH is 1. The first-order valence-corrected chi connectivity index (χ1v) is 13.5. The Labute approximate surface area is 227 Å². The summed E-state index contributed by atoms with van der Waals surface area (Å²) in [6.07, 6.45) is 6.44. The number of benzene rings is 2. The van der Waals surface area contributed by atoms with Gasteiger partial charge in [-0.15, -0.1) is 0 Å². The fourth-order valence-electron chi connectivity index (χ4n) is 3.92. The average molecular weight is 527 g/mol. The SMILES string of the molecule is C=C(C)C(=O)OCC(COC(=O)C(C)(C)CO)Cc1ccc(CCc2ccc(CCCCC)cc2)c(F)c1. The first kappa shape index (κ1) is 31.2. The van der Waals surface area contributed by atoms with E-state index in [4.69, 9.17) is 9.47 Å². The molecule has 0 amide bonds. The highest BCUT2D eigenvalue weighted by molar-refractivity contribution is 5.86. The standard InChI is InChI=1S/C32H43FO5/c1-6-7-8-9-24-10-12-25(13-11-24)14-16-28-17-15-26(19-29(28)33)18-27(20-37-30(35)23(2)3)21-38-31(36)32(4,5)22-34/h10-13,15,17,19,27,34H,2,6-9,14,16,18,20-22H2,1,3-5H3. The Morgan fingerprint density at radius 3 is 2.13 bits per heavy atom. The maximum atomic E-state index is 15.0. The first-order chi connectivity index (χ1) is 18.1. The quantitative estimate of drug-likeness (QED) is 0.161. The number of rotatable bonds is 16. The maximum Gasteiger partial charge on any atom is 0.333 e. The minimum absolute atomic E-state index is 0.00363. The van der Waals surface area contributed by atoms with Crippen molar-refractivity contribution < 1.29 is 28.6 Å². The molecule has 0 aromatic heterocycles. The summed E-state index contributed by atoms with van der Waals surface area (Å²) in [6.45, 7) is 10.1. The third-order valence-electron chi connectivity index (χ3n) is 6.61. The highest BCUT2D eigenvalue weighted by Gasteiger charge is 2.29. The van der Waals surface area contributed by atoms with E-state index >= 15 is 0 Å². The summed E-state index contributed by atoms with van der Waals surface area (Å²) in [4.78, 5) is 24.2. The minimum Gasteiger partial charge on any atom is -0.465 e. The van der Waals surface area contributed by atoms with E-state index in [1.165, 1.54) is 36.5 Å². The van der Waals surface area contributed by atoms with Crippen molar-refractivity contribution in [2.75, 3.05) is 19.8 Å². The first-order valence-electron chi connectivity index (χ1n) is 13.5. The number of carbonyl (C=O) groups excluding carboxylic acids is 2. The van der Waals surface area contributed by atoms with Gasteiger partial charge in [-0.2, -0.15) is 0 Å². The van der Waals surface area contributed by atoms with E-state index < -0.39 is 17.4 Å². The van der Waals surface area contributed by atoms with Gasteiger partial charge in [0, 0.05) is 11.5 Å². The van der Waals surface area contributed by atoms with E-state index in [0.29, 0.717) is 18.4 Å². The summed E-state index contributed by atoms with van der Waals surface area (Å²) in [7, 11) is 0. The monoisotopic (exact) mass is 526 g/mol. The molecule has 0 aliphatic carbocycles. The van der Waals surface area contributed by atoms with Gasteiger partial charge in [0.15, 0.2) is 0 Å². The van der Waals surface area contributed by atoms with Gasteiger partial charge in [-0.05, 0) is 81.2 Å². The summed E-state index contributed by atoms with van der Waals surface area (Å²) in [5, 5.41) is 9.41. The Balaban J connectivity index is 2.00. The van der Waals surface area contributed by atoms with E-state index in [1.807, 2.05) is 6.07 Å². The van der Waals surface area contributed by atoms with E-state index in [-0.39, 0.29) is 37.1 Å². The molecule has 0 aliphatic rings. The lowest BCUT2D eigenvalue weighted by Gasteiger charge is -2.23. The van der Waals surface area contributed by atoms with Crippen molar-refractivity contribution in [2.24, 2.45) is 11.3 Å². The maximum absolute atomic E-state index is 15.0. The van der Waals surface area contributed by atoms with Crippen LogP contribution >= 0.6 is 0 Å². The van der Waals surface area contributed by atoms with Crippen LogP contribution in [-0.4, -0.2) is 36.9 Å². The van der Waals surface area contributed by atoms with Crippen LogP contribution in [0.15, 0.2) is 54.6 Å². The van der Waals surface area contributed by atoms with Gasteiger partial charge in [0.1, 0.15) is 5.82 Å². The zero-order valence-corrected chi connectivity index (χ0v) is 23.4. The Bertz CT molecular complexity index is 1060. The topological polar surface area (TPSA) is 72.8 Å². The number of esters is 2. The molecule has 0 saturated heterocycles. The molecule has 2 rings (SSSR count). The van der Waals surface area contributed by atoms with Gasteiger partial charge >= 0.3 is 11.9 Å². The van der Waals surface area contributed by atoms with Crippen molar-refractivity contribution in [3.63, 3.8) is 0 Å². The van der Waals surface area contributed by atoms with E-state index in [2.05, 4.69) is 37.8 Å². The zero-order valence-electron chi connectivity index (χ0n) is 23.4. The lowest BCUT2D eigenvalue weighted by atomic mass is 9.95. The Hall–Kier alpha value is -2.99. The molecule has 1 unspecified atom stereocenters. The van der Waals surface area contributed by atoms with Crippen LogP contribution in [0.25, 0.3) is 0 Å². The van der Waals surface area contributed by atoms with Gasteiger partial charge in [-0.1, -0.05) is 62.7 Å². The molecule has 2 aromatic carbocycles. The predicted molar refractivity (Wildman–Crippen MR) is 148 cm³/mol. The summed E-state index contributed by atoms with van der Waals surface area (Å²) < 4.78 is 25.6. The van der Waals surface area contributed by atoms with Crippen LogP contribution in [0.2, 0.25) is 0 Å². The summed E-state index contributed by atoms with van der Waals surface area (Å²) in [5.74, 6) is -1.74. The second kappa shape index (κ2) is 15.4. The Morgan fingerprint density at radius 2 is 1.55 bits per heavy atom. The van der Waals surface area contributed by atoms with Crippen molar-refractivity contribution in [2.45, 2.75) is 72.6 Å². The van der Waals surface area contributed by atoms with Crippen LogP contribution in [0.5, 0.6) is 0 Å². The molecule has 1 N–H and O–H groups in total. The number of unbranched alkanes of at least 4 members (excludes halogenated alkanes) is 2. The van der Waals surface area contributed by atoms with Crippen LogP contribution in [-0.2, 0) is 44.7 Å². The highest BCUT2D eigenvalue weighted by atomic mass is 19.1. The number of ether oxygens (including phenoxy) is 2. The second-order valence-electron chi connectivity index (χ2n) is 10.8. The molecule has 1 atom stereocenters.